The molecule has 3 aliphatic rings. The smallest absolute Gasteiger partial charge is 0.235 e. The van der Waals surface area contributed by atoms with Crippen LogP contribution in [0.1, 0.15) is 29.2 Å². The van der Waals surface area contributed by atoms with Crippen LogP contribution in [0.25, 0.3) is 10.9 Å². The van der Waals surface area contributed by atoms with Crippen LogP contribution in [-0.4, -0.2) is 35.9 Å². The SMILES string of the molecule is O=C1NC(=O)C2C(CC3OCCO3)Cc3c(c4ccccc4n3Cc3ccccc3)C12. The number of fused-ring (bicyclic) bond motifs is 5. The summed E-state index contributed by atoms with van der Waals surface area (Å²) in [5.74, 6) is -1.18. The van der Waals surface area contributed by atoms with Gasteiger partial charge in [0.25, 0.3) is 0 Å². The van der Waals surface area contributed by atoms with Gasteiger partial charge in [0.05, 0.1) is 25.0 Å². The van der Waals surface area contributed by atoms with Gasteiger partial charge in [-0.3, -0.25) is 14.9 Å². The molecular weight excluding hydrogens is 392 g/mol. The number of aromatic nitrogens is 1. The van der Waals surface area contributed by atoms with E-state index in [0.717, 1.165) is 35.1 Å². The molecule has 0 saturated carbocycles. The Morgan fingerprint density at radius 2 is 1.68 bits per heavy atom. The Balaban J connectivity index is 1.50. The molecule has 0 spiro atoms. The summed E-state index contributed by atoms with van der Waals surface area (Å²) >= 11 is 0. The summed E-state index contributed by atoms with van der Waals surface area (Å²) in [6.07, 6.45) is 1.04. The minimum atomic E-state index is -0.454. The third-order valence-corrected chi connectivity index (χ3v) is 6.96. The molecule has 2 fully saturated rings. The van der Waals surface area contributed by atoms with Crippen LogP contribution in [0.2, 0.25) is 0 Å². The van der Waals surface area contributed by atoms with Crippen molar-refractivity contribution in [2.24, 2.45) is 11.8 Å². The maximum absolute atomic E-state index is 13.0. The lowest BCUT2D eigenvalue weighted by atomic mass is 9.70. The Hall–Kier alpha value is -2.96. The molecule has 6 nitrogen and oxygen atoms in total. The molecule has 2 amide bonds. The first-order valence-electron chi connectivity index (χ1n) is 10.9. The molecule has 1 aliphatic carbocycles. The van der Waals surface area contributed by atoms with Gasteiger partial charge in [0.1, 0.15) is 0 Å². The minimum absolute atomic E-state index is 0.00844. The molecule has 3 unspecified atom stereocenters. The Morgan fingerprint density at radius 3 is 2.48 bits per heavy atom. The molecule has 3 atom stereocenters. The van der Waals surface area contributed by atoms with Gasteiger partial charge in [-0.1, -0.05) is 48.5 Å². The standard InChI is InChI=1S/C25H24N2O4/c28-24-21-16(13-20-30-10-11-31-20)12-19-22(23(21)25(29)26-24)17-8-4-5-9-18(17)27(19)14-15-6-2-1-3-7-15/h1-9,16,20-21,23H,10-14H2,(H,26,28,29). The van der Waals surface area contributed by atoms with Crippen LogP contribution < -0.4 is 5.32 Å². The van der Waals surface area contributed by atoms with E-state index < -0.39 is 5.92 Å². The van der Waals surface area contributed by atoms with Crippen molar-refractivity contribution in [1.29, 1.82) is 0 Å². The predicted molar refractivity (Wildman–Crippen MR) is 114 cm³/mol. The van der Waals surface area contributed by atoms with Gasteiger partial charge in [0.15, 0.2) is 6.29 Å². The van der Waals surface area contributed by atoms with Crippen LogP contribution in [-0.2, 0) is 32.0 Å². The second-order valence-corrected chi connectivity index (χ2v) is 8.68. The summed E-state index contributed by atoms with van der Waals surface area (Å²) in [5.41, 5.74) is 4.49. The van der Waals surface area contributed by atoms with Crippen molar-refractivity contribution in [2.45, 2.75) is 31.6 Å². The molecule has 2 saturated heterocycles. The highest BCUT2D eigenvalue weighted by Crippen LogP contribution is 2.48. The fourth-order valence-corrected chi connectivity index (χ4v) is 5.69. The van der Waals surface area contributed by atoms with Crippen LogP contribution >= 0.6 is 0 Å². The van der Waals surface area contributed by atoms with Crippen LogP contribution in [0.5, 0.6) is 0 Å². The van der Waals surface area contributed by atoms with E-state index in [4.69, 9.17) is 9.47 Å². The number of benzene rings is 2. The number of nitrogens with zero attached hydrogens (tertiary/aromatic N) is 1. The summed E-state index contributed by atoms with van der Waals surface area (Å²) in [7, 11) is 0. The monoisotopic (exact) mass is 416 g/mol. The van der Waals surface area contributed by atoms with E-state index in [1.54, 1.807) is 0 Å². The zero-order chi connectivity index (χ0) is 20.9. The molecule has 6 rings (SSSR count). The summed E-state index contributed by atoms with van der Waals surface area (Å²) in [4.78, 5) is 25.8. The van der Waals surface area contributed by atoms with Crippen molar-refractivity contribution in [1.82, 2.24) is 9.88 Å². The van der Waals surface area contributed by atoms with E-state index in [1.807, 2.05) is 30.3 Å². The summed E-state index contributed by atoms with van der Waals surface area (Å²) in [5, 5.41) is 3.68. The van der Waals surface area contributed by atoms with Crippen molar-refractivity contribution in [2.75, 3.05) is 13.2 Å². The van der Waals surface area contributed by atoms with Gasteiger partial charge in [-0.2, -0.15) is 0 Å². The highest BCUT2D eigenvalue weighted by atomic mass is 16.7. The molecule has 0 bridgehead atoms. The number of rotatable bonds is 4. The Morgan fingerprint density at radius 1 is 0.935 bits per heavy atom. The van der Waals surface area contributed by atoms with E-state index >= 15 is 0 Å². The van der Waals surface area contributed by atoms with Gasteiger partial charge in [-0.25, -0.2) is 0 Å². The fourth-order valence-electron chi connectivity index (χ4n) is 5.69. The maximum atomic E-state index is 13.0. The van der Waals surface area contributed by atoms with Crippen molar-refractivity contribution in [3.8, 4) is 0 Å². The van der Waals surface area contributed by atoms with Crippen LogP contribution in [0.3, 0.4) is 0 Å². The molecule has 3 aromatic rings. The summed E-state index contributed by atoms with van der Waals surface area (Å²) < 4.78 is 13.7. The van der Waals surface area contributed by atoms with Gasteiger partial charge in [-0.05, 0) is 29.5 Å². The lowest BCUT2D eigenvalue weighted by Crippen LogP contribution is -2.35. The molecule has 158 valence electrons. The van der Waals surface area contributed by atoms with E-state index in [1.165, 1.54) is 5.56 Å². The summed E-state index contributed by atoms with van der Waals surface area (Å²) in [6.45, 7) is 1.89. The number of ether oxygens (including phenoxy) is 2. The first kappa shape index (κ1) is 18.8. The van der Waals surface area contributed by atoms with Crippen molar-refractivity contribution < 1.29 is 19.1 Å². The predicted octanol–water partition coefficient (Wildman–Crippen LogP) is 2.98. The normalized spacial score (nSPS) is 25.6. The number of para-hydroxylation sites is 1. The minimum Gasteiger partial charge on any atom is -0.350 e. The lowest BCUT2D eigenvalue weighted by Gasteiger charge is -2.33. The van der Waals surface area contributed by atoms with E-state index in [-0.39, 0.29) is 29.9 Å². The van der Waals surface area contributed by atoms with Crippen LogP contribution in [0, 0.1) is 11.8 Å². The first-order chi connectivity index (χ1) is 15.2. The Kier molecular flexibility index (Phi) is 4.44. The number of hydrogen-bond donors (Lipinski definition) is 1. The van der Waals surface area contributed by atoms with Crippen LogP contribution in [0.4, 0.5) is 0 Å². The van der Waals surface area contributed by atoms with Crippen molar-refractivity contribution >= 4 is 22.7 Å². The molecular formula is C25H24N2O4. The topological polar surface area (TPSA) is 69.6 Å². The van der Waals surface area contributed by atoms with Gasteiger partial charge >= 0.3 is 0 Å². The van der Waals surface area contributed by atoms with Gasteiger partial charge in [-0.15, -0.1) is 0 Å². The van der Waals surface area contributed by atoms with E-state index in [2.05, 4.69) is 34.1 Å². The van der Waals surface area contributed by atoms with Gasteiger partial charge in [0.2, 0.25) is 11.8 Å². The second kappa shape index (κ2) is 7.32. The molecule has 1 aromatic heterocycles. The zero-order valence-corrected chi connectivity index (χ0v) is 17.1. The Bertz CT molecular complexity index is 1160. The average Bonchev–Trinajstić information content (AvgIpc) is 3.47. The van der Waals surface area contributed by atoms with Gasteiger partial charge < -0.3 is 14.0 Å². The average molecular weight is 416 g/mol. The number of carbonyl (C=O) groups is 2. The number of amides is 2. The molecule has 0 radical (unpaired) electrons. The third kappa shape index (κ3) is 3.01. The second-order valence-electron chi connectivity index (χ2n) is 8.68. The van der Waals surface area contributed by atoms with Crippen molar-refractivity contribution in [3.05, 3.63) is 71.4 Å². The quantitative estimate of drug-likeness (QED) is 0.664. The van der Waals surface area contributed by atoms with Crippen LogP contribution in [0.15, 0.2) is 54.6 Å². The number of hydrogen-bond acceptors (Lipinski definition) is 4. The highest BCUT2D eigenvalue weighted by molar-refractivity contribution is 6.10. The van der Waals surface area contributed by atoms with E-state index in [0.29, 0.717) is 19.6 Å². The molecule has 1 N–H and O–H groups in total. The first-order valence-corrected chi connectivity index (χ1v) is 10.9. The molecule has 6 heteroatoms. The maximum Gasteiger partial charge on any atom is 0.235 e. The van der Waals surface area contributed by atoms with Gasteiger partial charge in [0, 0.05) is 29.6 Å². The highest BCUT2D eigenvalue weighted by Gasteiger charge is 2.52. The largest absolute Gasteiger partial charge is 0.350 e. The van der Waals surface area contributed by atoms with Crippen molar-refractivity contribution in [3.63, 3.8) is 0 Å². The third-order valence-electron chi connectivity index (χ3n) is 6.96. The molecule has 2 aromatic carbocycles. The number of nitrogens with one attached hydrogen (secondary N) is 1. The Labute approximate surface area is 180 Å². The molecule has 31 heavy (non-hydrogen) atoms. The molecule has 3 heterocycles. The lowest BCUT2D eigenvalue weighted by molar-refractivity contribution is -0.127. The molecule has 2 aliphatic heterocycles. The zero-order valence-electron chi connectivity index (χ0n) is 17.1. The number of imide groups is 1. The summed E-state index contributed by atoms with van der Waals surface area (Å²) in [6, 6.07) is 18.6. The van der Waals surface area contributed by atoms with E-state index in [9.17, 15) is 9.59 Å². The number of carbonyl (C=O) groups excluding carboxylic acids is 2. The fraction of sp³-hybridized carbons (Fsp3) is 0.360.